The van der Waals surface area contributed by atoms with Crippen LogP contribution in [0, 0.1) is 0 Å². The van der Waals surface area contributed by atoms with E-state index >= 15 is 0 Å². The number of hydrogen-bond donors (Lipinski definition) is 2. The summed E-state index contributed by atoms with van der Waals surface area (Å²) in [6.45, 7) is 1.17. The second-order valence-corrected chi connectivity index (χ2v) is 10.2. The third-order valence-corrected chi connectivity index (χ3v) is 7.34. The summed E-state index contributed by atoms with van der Waals surface area (Å²) in [5.41, 5.74) is 1.03. The zero-order chi connectivity index (χ0) is 23.8. The highest BCUT2D eigenvalue weighted by Gasteiger charge is 2.33. The SMILES string of the molecule is COC(=O)CCCC=C[C@@H]1C[C@@H](NS(=O)(=O)c2ccc(Cl)cc2)CN1Cc1ccc(O)cc1. The Morgan fingerprint density at radius 3 is 2.58 bits per heavy atom. The lowest BCUT2D eigenvalue weighted by atomic mass is 10.1. The predicted molar refractivity (Wildman–Crippen MR) is 127 cm³/mol. The number of rotatable bonds is 10. The molecule has 3 rings (SSSR count). The number of allylic oxidation sites excluding steroid dienone is 1. The number of halogens is 1. The molecule has 1 heterocycles. The molecular formula is C24H29ClN2O5S. The number of aromatic hydroxyl groups is 1. The van der Waals surface area contributed by atoms with E-state index in [1.54, 1.807) is 24.3 Å². The Morgan fingerprint density at radius 1 is 1.21 bits per heavy atom. The zero-order valence-corrected chi connectivity index (χ0v) is 20.1. The van der Waals surface area contributed by atoms with E-state index in [0.717, 1.165) is 12.0 Å². The molecule has 178 valence electrons. The molecule has 0 spiro atoms. The Morgan fingerprint density at radius 2 is 1.91 bits per heavy atom. The molecule has 0 aliphatic carbocycles. The van der Waals surface area contributed by atoms with Gasteiger partial charge in [0.2, 0.25) is 10.0 Å². The van der Waals surface area contributed by atoms with Crippen LogP contribution in [-0.2, 0) is 26.1 Å². The van der Waals surface area contributed by atoms with Gasteiger partial charge in [0, 0.05) is 36.6 Å². The first-order valence-corrected chi connectivity index (χ1v) is 12.7. The number of phenolic OH excluding ortho intramolecular Hbond substituents is 1. The molecule has 1 aliphatic heterocycles. The highest BCUT2D eigenvalue weighted by molar-refractivity contribution is 7.89. The maximum Gasteiger partial charge on any atom is 0.305 e. The number of esters is 1. The van der Waals surface area contributed by atoms with Crippen LogP contribution in [0.3, 0.4) is 0 Å². The van der Waals surface area contributed by atoms with Gasteiger partial charge in [0.15, 0.2) is 0 Å². The number of hydrogen-bond acceptors (Lipinski definition) is 6. The summed E-state index contributed by atoms with van der Waals surface area (Å²) in [5, 5.41) is 10.0. The van der Waals surface area contributed by atoms with E-state index < -0.39 is 10.0 Å². The standard InChI is InChI=1S/C24H29ClN2O5S/c1-32-24(29)6-4-2-3-5-21-15-20(17-27(21)16-18-7-11-22(28)12-8-18)26-33(30,31)23-13-9-19(25)10-14-23/h3,5,7-14,20-21,26,28H,2,4,6,15-17H2,1H3/t20-,21-/m1/s1. The molecule has 2 atom stereocenters. The number of nitrogens with zero attached hydrogens (tertiary/aromatic N) is 1. The Hall–Kier alpha value is -2.39. The fraction of sp³-hybridized carbons (Fsp3) is 0.375. The number of likely N-dealkylation sites (tertiary alicyclic amines) is 1. The van der Waals surface area contributed by atoms with Crippen LogP contribution >= 0.6 is 11.6 Å². The molecule has 0 amide bonds. The number of carbonyl (C=O) groups is 1. The summed E-state index contributed by atoms with van der Waals surface area (Å²) >= 11 is 5.88. The van der Waals surface area contributed by atoms with Crippen LogP contribution < -0.4 is 4.72 Å². The monoisotopic (exact) mass is 492 g/mol. The summed E-state index contributed by atoms with van der Waals surface area (Å²) < 4.78 is 33.2. The maximum absolute atomic E-state index is 12.8. The van der Waals surface area contributed by atoms with Crippen molar-refractivity contribution in [2.24, 2.45) is 0 Å². The highest BCUT2D eigenvalue weighted by Crippen LogP contribution is 2.25. The molecule has 0 bridgehead atoms. The van der Waals surface area contributed by atoms with E-state index in [9.17, 15) is 18.3 Å². The lowest BCUT2D eigenvalue weighted by Gasteiger charge is -2.22. The van der Waals surface area contributed by atoms with E-state index in [1.165, 1.54) is 19.2 Å². The molecule has 7 nitrogen and oxygen atoms in total. The molecule has 1 saturated heterocycles. The minimum Gasteiger partial charge on any atom is -0.508 e. The van der Waals surface area contributed by atoms with Gasteiger partial charge in [-0.1, -0.05) is 35.9 Å². The van der Waals surface area contributed by atoms with Gasteiger partial charge in [-0.3, -0.25) is 9.69 Å². The van der Waals surface area contributed by atoms with Crippen molar-refractivity contribution >= 4 is 27.6 Å². The number of benzene rings is 2. The average Bonchev–Trinajstić information content (AvgIpc) is 3.15. The Labute approximate surface area is 200 Å². The Bertz CT molecular complexity index is 1060. The van der Waals surface area contributed by atoms with Gasteiger partial charge >= 0.3 is 5.97 Å². The zero-order valence-electron chi connectivity index (χ0n) is 18.5. The van der Waals surface area contributed by atoms with Crippen LogP contribution in [0.5, 0.6) is 5.75 Å². The number of ether oxygens (including phenoxy) is 1. The summed E-state index contributed by atoms with van der Waals surface area (Å²) in [7, 11) is -2.29. The normalized spacial score (nSPS) is 19.2. The van der Waals surface area contributed by atoms with Gasteiger partial charge in [0.05, 0.1) is 12.0 Å². The van der Waals surface area contributed by atoms with Gasteiger partial charge in [-0.15, -0.1) is 0 Å². The van der Waals surface area contributed by atoms with Crippen molar-refractivity contribution in [3.63, 3.8) is 0 Å². The van der Waals surface area contributed by atoms with Crippen LogP contribution in [0.4, 0.5) is 0 Å². The van der Waals surface area contributed by atoms with Crippen LogP contribution in [0.25, 0.3) is 0 Å². The molecular weight excluding hydrogens is 464 g/mol. The van der Waals surface area contributed by atoms with Crippen LogP contribution in [-0.4, -0.2) is 50.1 Å². The first kappa shape index (κ1) is 25.2. The molecule has 1 aliphatic rings. The van der Waals surface area contributed by atoms with Crippen LogP contribution in [0.1, 0.15) is 31.2 Å². The third kappa shape index (κ3) is 7.57. The van der Waals surface area contributed by atoms with E-state index in [2.05, 4.69) is 20.4 Å². The minimum absolute atomic E-state index is 0.0369. The second kappa shape index (κ2) is 11.7. The van der Waals surface area contributed by atoms with Crippen molar-refractivity contribution in [3.8, 4) is 5.75 Å². The van der Waals surface area contributed by atoms with Crippen molar-refractivity contribution in [2.45, 2.75) is 49.2 Å². The predicted octanol–water partition coefficient (Wildman–Crippen LogP) is 3.87. The summed E-state index contributed by atoms with van der Waals surface area (Å²) in [6.07, 6.45) is 6.53. The second-order valence-electron chi connectivity index (χ2n) is 8.07. The number of nitrogens with one attached hydrogen (secondary N) is 1. The molecule has 9 heteroatoms. The van der Waals surface area contributed by atoms with Crippen LogP contribution in [0.15, 0.2) is 65.6 Å². The van der Waals surface area contributed by atoms with Crippen molar-refractivity contribution in [3.05, 3.63) is 71.3 Å². The number of sulfonamides is 1. The van der Waals surface area contributed by atoms with E-state index in [0.29, 0.717) is 37.4 Å². The van der Waals surface area contributed by atoms with Crippen molar-refractivity contribution in [2.75, 3.05) is 13.7 Å². The topological polar surface area (TPSA) is 95.9 Å². The maximum atomic E-state index is 12.8. The Kier molecular flexibility index (Phi) is 8.91. The van der Waals surface area contributed by atoms with Gasteiger partial charge in [0.25, 0.3) is 0 Å². The molecule has 0 saturated carbocycles. The largest absolute Gasteiger partial charge is 0.508 e. The lowest BCUT2D eigenvalue weighted by molar-refractivity contribution is -0.140. The molecule has 0 aromatic heterocycles. The summed E-state index contributed by atoms with van der Waals surface area (Å²) in [4.78, 5) is 13.7. The number of unbranched alkanes of at least 4 members (excludes halogenated alkanes) is 1. The highest BCUT2D eigenvalue weighted by atomic mass is 35.5. The average molecular weight is 493 g/mol. The van der Waals surface area contributed by atoms with Crippen molar-refractivity contribution in [1.82, 2.24) is 9.62 Å². The molecule has 33 heavy (non-hydrogen) atoms. The summed E-state index contributed by atoms with van der Waals surface area (Å²) in [6, 6.07) is 12.9. The van der Waals surface area contributed by atoms with Crippen molar-refractivity contribution < 1.29 is 23.1 Å². The van der Waals surface area contributed by atoms with E-state index in [-0.39, 0.29) is 28.7 Å². The lowest BCUT2D eigenvalue weighted by Crippen LogP contribution is -2.37. The van der Waals surface area contributed by atoms with Gasteiger partial charge in [0.1, 0.15) is 5.75 Å². The van der Waals surface area contributed by atoms with E-state index in [1.807, 2.05) is 18.2 Å². The van der Waals surface area contributed by atoms with Gasteiger partial charge < -0.3 is 9.84 Å². The number of carbonyl (C=O) groups excluding carboxylic acids is 1. The number of methoxy groups -OCH3 is 1. The fourth-order valence-corrected chi connectivity index (χ4v) is 5.22. The number of phenols is 1. The quantitative estimate of drug-likeness (QED) is 0.297. The third-order valence-electron chi connectivity index (χ3n) is 5.56. The first-order valence-electron chi connectivity index (χ1n) is 10.8. The molecule has 2 aromatic carbocycles. The molecule has 2 N–H and O–H groups in total. The van der Waals surface area contributed by atoms with Gasteiger partial charge in [-0.25, -0.2) is 13.1 Å². The minimum atomic E-state index is -3.67. The van der Waals surface area contributed by atoms with Crippen molar-refractivity contribution in [1.29, 1.82) is 0 Å². The fourth-order valence-electron chi connectivity index (χ4n) is 3.86. The van der Waals surface area contributed by atoms with Gasteiger partial charge in [-0.05, 0) is 61.2 Å². The molecule has 0 radical (unpaired) electrons. The van der Waals surface area contributed by atoms with Gasteiger partial charge in [-0.2, -0.15) is 0 Å². The Balaban J connectivity index is 1.68. The van der Waals surface area contributed by atoms with E-state index in [4.69, 9.17) is 11.6 Å². The smallest absolute Gasteiger partial charge is 0.305 e. The molecule has 1 fully saturated rings. The first-order chi connectivity index (χ1) is 15.8. The summed E-state index contributed by atoms with van der Waals surface area (Å²) in [5.74, 6) is -0.0225. The van der Waals surface area contributed by atoms with Crippen LogP contribution in [0.2, 0.25) is 5.02 Å². The molecule has 0 unspecified atom stereocenters. The molecule has 2 aromatic rings.